The molecule has 1 saturated heterocycles. The van der Waals surface area contributed by atoms with Gasteiger partial charge >= 0.3 is 0 Å². The zero-order chi connectivity index (χ0) is 11.5. The van der Waals surface area contributed by atoms with Crippen LogP contribution < -0.4 is 0 Å². The number of hydrogen-bond donors (Lipinski definition) is 1. The standard InChI is InChI=1S/C15H25NO/c17-15(10-16-3-1-2-4-16)13-6-11-5-12(8-13)9-14(15)7-11/h11-14,17H,1-10H2. The summed E-state index contributed by atoms with van der Waals surface area (Å²) in [5, 5.41) is 11.2. The van der Waals surface area contributed by atoms with Gasteiger partial charge in [-0.1, -0.05) is 0 Å². The molecular weight excluding hydrogens is 210 g/mol. The van der Waals surface area contributed by atoms with E-state index in [1.165, 1.54) is 58.0 Å². The summed E-state index contributed by atoms with van der Waals surface area (Å²) in [5.41, 5.74) is -0.308. The summed E-state index contributed by atoms with van der Waals surface area (Å²) in [7, 11) is 0. The first-order valence-corrected chi connectivity index (χ1v) is 7.69. The first kappa shape index (κ1) is 10.8. The third kappa shape index (κ3) is 1.60. The molecule has 5 aliphatic rings. The van der Waals surface area contributed by atoms with E-state index in [0.717, 1.165) is 18.4 Å². The molecule has 1 aliphatic heterocycles. The first-order valence-electron chi connectivity index (χ1n) is 7.69. The second-order valence-corrected chi connectivity index (χ2v) is 7.28. The number of aliphatic hydroxyl groups is 1. The zero-order valence-electron chi connectivity index (χ0n) is 10.8. The largest absolute Gasteiger partial charge is 0.388 e. The van der Waals surface area contributed by atoms with Gasteiger partial charge in [0.15, 0.2) is 0 Å². The maximum atomic E-state index is 11.2. The van der Waals surface area contributed by atoms with E-state index < -0.39 is 0 Å². The SMILES string of the molecule is OC1(CN2CCCC2)C2CC3CC(C2)CC1C3. The Morgan fingerprint density at radius 3 is 1.94 bits per heavy atom. The summed E-state index contributed by atoms with van der Waals surface area (Å²) in [6.45, 7) is 3.45. The van der Waals surface area contributed by atoms with E-state index in [4.69, 9.17) is 0 Å². The van der Waals surface area contributed by atoms with E-state index >= 15 is 0 Å². The van der Waals surface area contributed by atoms with E-state index in [2.05, 4.69) is 4.90 Å². The Labute approximate surface area is 104 Å². The van der Waals surface area contributed by atoms with Gasteiger partial charge in [-0.2, -0.15) is 0 Å². The minimum Gasteiger partial charge on any atom is -0.388 e. The lowest BCUT2D eigenvalue weighted by atomic mass is 9.50. The lowest BCUT2D eigenvalue weighted by molar-refractivity contribution is -0.180. The topological polar surface area (TPSA) is 23.5 Å². The Balaban J connectivity index is 1.55. The van der Waals surface area contributed by atoms with Gasteiger partial charge < -0.3 is 10.0 Å². The Hall–Kier alpha value is -0.0800. The molecular formula is C15H25NO. The van der Waals surface area contributed by atoms with Crippen molar-refractivity contribution in [2.24, 2.45) is 23.7 Å². The second kappa shape index (κ2) is 3.71. The van der Waals surface area contributed by atoms with Gasteiger partial charge in [0.25, 0.3) is 0 Å². The molecule has 0 radical (unpaired) electrons. The molecule has 0 aromatic heterocycles. The molecule has 2 heteroatoms. The maximum absolute atomic E-state index is 11.2. The third-order valence-electron chi connectivity index (χ3n) is 6.23. The van der Waals surface area contributed by atoms with Gasteiger partial charge in [-0.15, -0.1) is 0 Å². The summed E-state index contributed by atoms with van der Waals surface area (Å²) in [4.78, 5) is 2.53. The maximum Gasteiger partial charge on any atom is 0.0830 e. The average molecular weight is 235 g/mol. The van der Waals surface area contributed by atoms with Crippen molar-refractivity contribution in [3.8, 4) is 0 Å². The third-order valence-corrected chi connectivity index (χ3v) is 6.23. The average Bonchev–Trinajstić information content (AvgIpc) is 2.78. The number of nitrogens with zero attached hydrogens (tertiary/aromatic N) is 1. The van der Waals surface area contributed by atoms with Crippen LogP contribution in [0.15, 0.2) is 0 Å². The monoisotopic (exact) mass is 235 g/mol. The summed E-state index contributed by atoms with van der Waals surface area (Å²) < 4.78 is 0. The fourth-order valence-electron chi connectivity index (χ4n) is 5.56. The molecule has 0 spiro atoms. The van der Waals surface area contributed by atoms with Crippen molar-refractivity contribution in [1.29, 1.82) is 0 Å². The van der Waals surface area contributed by atoms with Crippen molar-refractivity contribution < 1.29 is 5.11 Å². The molecule has 2 nitrogen and oxygen atoms in total. The molecule has 96 valence electrons. The van der Waals surface area contributed by atoms with E-state index in [0.29, 0.717) is 11.8 Å². The van der Waals surface area contributed by atoms with Crippen molar-refractivity contribution in [3.05, 3.63) is 0 Å². The van der Waals surface area contributed by atoms with Crippen molar-refractivity contribution >= 4 is 0 Å². The van der Waals surface area contributed by atoms with Crippen LogP contribution in [0.2, 0.25) is 0 Å². The lowest BCUT2D eigenvalue weighted by Crippen LogP contribution is -2.61. The van der Waals surface area contributed by atoms with Crippen LogP contribution in [-0.2, 0) is 0 Å². The van der Waals surface area contributed by atoms with Crippen LogP contribution in [0, 0.1) is 23.7 Å². The molecule has 4 saturated carbocycles. The highest BCUT2D eigenvalue weighted by Gasteiger charge is 2.56. The van der Waals surface area contributed by atoms with Gasteiger partial charge in [0.1, 0.15) is 0 Å². The van der Waals surface area contributed by atoms with E-state index in [1.54, 1.807) is 0 Å². The lowest BCUT2D eigenvalue weighted by Gasteiger charge is -2.59. The first-order chi connectivity index (χ1) is 8.24. The quantitative estimate of drug-likeness (QED) is 0.793. The highest BCUT2D eigenvalue weighted by molar-refractivity contribution is 5.08. The van der Waals surface area contributed by atoms with Crippen LogP contribution >= 0.6 is 0 Å². The molecule has 0 unspecified atom stereocenters. The molecule has 0 atom stereocenters. The normalized spacial score (nSPS) is 53.5. The van der Waals surface area contributed by atoms with Crippen LogP contribution in [0.5, 0.6) is 0 Å². The highest BCUT2D eigenvalue weighted by atomic mass is 16.3. The minimum absolute atomic E-state index is 0.308. The molecule has 17 heavy (non-hydrogen) atoms. The van der Waals surface area contributed by atoms with Gasteiger partial charge in [-0.25, -0.2) is 0 Å². The highest BCUT2D eigenvalue weighted by Crippen LogP contribution is 2.58. The number of β-amino-alcohol motifs (C(OH)–C–C–N with tert-alkyl or cyclic N) is 1. The summed E-state index contributed by atoms with van der Waals surface area (Å²) in [6, 6.07) is 0. The molecule has 0 amide bonds. The van der Waals surface area contributed by atoms with Crippen LogP contribution in [-0.4, -0.2) is 35.2 Å². The van der Waals surface area contributed by atoms with Crippen molar-refractivity contribution in [1.82, 2.24) is 4.90 Å². The molecule has 1 N–H and O–H groups in total. The Bertz CT molecular complexity index is 280. The molecule has 5 fully saturated rings. The van der Waals surface area contributed by atoms with E-state index in [1.807, 2.05) is 0 Å². The van der Waals surface area contributed by atoms with Gasteiger partial charge in [-0.3, -0.25) is 0 Å². The van der Waals surface area contributed by atoms with Gasteiger partial charge in [0.05, 0.1) is 5.60 Å². The van der Waals surface area contributed by atoms with Crippen LogP contribution in [0.1, 0.15) is 44.9 Å². The Kier molecular flexibility index (Phi) is 2.36. The van der Waals surface area contributed by atoms with Gasteiger partial charge in [0, 0.05) is 6.54 Å². The molecule has 0 aromatic carbocycles. The minimum atomic E-state index is -0.308. The van der Waals surface area contributed by atoms with Crippen molar-refractivity contribution in [2.45, 2.75) is 50.5 Å². The predicted molar refractivity (Wildman–Crippen MR) is 67.7 cm³/mol. The van der Waals surface area contributed by atoms with E-state index in [-0.39, 0.29) is 5.60 Å². The van der Waals surface area contributed by atoms with Crippen LogP contribution in [0.4, 0.5) is 0 Å². The zero-order valence-corrected chi connectivity index (χ0v) is 10.8. The number of rotatable bonds is 2. The summed E-state index contributed by atoms with van der Waals surface area (Å²) >= 11 is 0. The van der Waals surface area contributed by atoms with Crippen molar-refractivity contribution in [3.63, 3.8) is 0 Å². The van der Waals surface area contributed by atoms with Gasteiger partial charge in [0.2, 0.25) is 0 Å². The number of likely N-dealkylation sites (tertiary alicyclic amines) is 1. The Morgan fingerprint density at radius 1 is 0.882 bits per heavy atom. The van der Waals surface area contributed by atoms with Gasteiger partial charge in [-0.05, 0) is 81.7 Å². The molecule has 4 aliphatic carbocycles. The summed E-state index contributed by atoms with van der Waals surface area (Å²) in [5.74, 6) is 3.21. The second-order valence-electron chi connectivity index (χ2n) is 7.28. The number of hydrogen-bond acceptors (Lipinski definition) is 2. The van der Waals surface area contributed by atoms with Crippen LogP contribution in [0.3, 0.4) is 0 Å². The fourth-order valence-corrected chi connectivity index (χ4v) is 5.56. The molecule has 4 bridgehead atoms. The van der Waals surface area contributed by atoms with Crippen molar-refractivity contribution in [2.75, 3.05) is 19.6 Å². The molecule has 1 heterocycles. The Morgan fingerprint density at radius 2 is 1.41 bits per heavy atom. The van der Waals surface area contributed by atoms with Crippen LogP contribution in [0.25, 0.3) is 0 Å². The summed E-state index contributed by atoms with van der Waals surface area (Å²) in [6.07, 6.45) is 9.49. The molecule has 0 aromatic rings. The molecule has 5 rings (SSSR count). The predicted octanol–water partition coefficient (Wildman–Crippen LogP) is 2.27. The van der Waals surface area contributed by atoms with E-state index in [9.17, 15) is 5.11 Å². The fraction of sp³-hybridized carbons (Fsp3) is 1.00. The smallest absolute Gasteiger partial charge is 0.0830 e.